The lowest BCUT2D eigenvalue weighted by Gasteiger charge is -2.15. The topological polar surface area (TPSA) is 70.0 Å². The van der Waals surface area contributed by atoms with Gasteiger partial charge in [0.05, 0.1) is 23.8 Å². The lowest BCUT2D eigenvalue weighted by atomic mass is 10.0. The van der Waals surface area contributed by atoms with E-state index in [9.17, 15) is 4.39 Å². The fourth-order valence-electron chi connectivity index (χ4n) is 1.13. The predicted molar refractivity (Wildman–Crippen MR) is 49.7 cm³/mol. The summed E-state index contributed by atoms with van der Waals surface area (Å²) >= 11 is 0. The molecule has 0 saturated carbocycles. The van der Waals surface area contributed by atoms with E-state index in [0.717, 1.165) is 6.07 Å². The summed E-state index contributed by atoms with van der Waals surface area (Å²) in [5, 5.41) is 17.7. The highest BCUT2D eigenvalue weighted by Crippen LogP contribution is 2.18. The lowest BCUT2D eigenvalue weighted by Crippen LogP contribution is -2.24. The molecular formula is C10H11FN2O. The van der Waals surface area contributed by atoms with Gasteiger partial charge in [0.1, 0.15) is 5.82 Å². The molecule has 1 aromatic carbocycles. The molecule has 0 aliphatic rings. The first kappa shape index (κ1) is 10.6. The Hall–Kier alpha value is -1.44. The fraction of sp³-hybridized carbons (Fsp3) is 0.300. The van der Waals surface area contributed by atoms with Gasteiger partial charge in [-0.2, -0.15) is 5.26 Å². The minimum Gasteiger partial charge on any atom is -0.391 e. The van der Waals surface area contributed by atoms with Crippen molar-refractivity contribution < 1.29 is 9.50 Å². The van der Waals surface area contributed by atoms with E-state index in [4.69, 9.17) is 16.1 Å². The number of hydrogen-bond donors (Lipinski definition) is 2. The van der Waals surface area contributed by atoms with Crippen LogP contribution in [-0.2, 0) is 0 Å². The van der Waals surface area contributed by atoms with Crippen LogP contribution in [0.4, 0.5) is 4.39 Å². The minimum absolute atomic E-state index is 0.221. The molecule has 0 unspecified atom stereocenters. The van der Waals surface area contributed by atoms with E-state index in [1.807, 2.05) is 6.07 Å². The first-order chi connectivity index (χ1) is 6.56. The van der Waals surface area contributed by atoms with Gasteiger partial charge in [0, 0.05) is 5.56 Å². The first-order valence-electron chi connectivity index (χ1n) is 4.19. The quantitative estimate of drug-likeness (QED) is 0.740. The zero-order valence-electron chi connectivity index (χ0n) is 7.74. The van der Waals surface area contributed by atoms with Gasteiger partial charge in [-0.1, -0.05) is 6.07 Å². The third-order valence-corrected chi connectivity index (χ3v) is 2.01. The number of nitrogens with two attached hydrogens (primary N) is 1. The number of benzene rings is 1. The molecule has 0 amide bonds. The zero-order valence-corrected chi connectivity index (χ0v) is 7.74. The van der Waals surface area contributed by atoms with Gasteiger partial charge in [0.2, 0.25) is 0 Å². The van der Waals surface area contributed by atoms with Crippen LogP contribution in [0.2, 0.25) is 0 Å². The Labute approximate surface area is 81.6 Å². The summed E-state index contributed by atoms with van der Waals surface area (Å²) in [6.45, 7) is 1.49. The molecule has 74 valence electrons. The number of nitrogens with zero attached hydrogens (tertiary/aromatic N) is 1. The second kappa shape index (κ2) is 4.18. The molecule has 2 atom stereocenters. The number of aliphatic hydroxyl groups excluding tert-OH is 1. The Morgan fingerprint density at radius 3 is 2.64 bits per heavy atom. The normalized spacial score (nSPS) is 14.5. The molecule has 0 saturated heterocycles. The van der Waals surface area contributed by atoms with Crippen LogP contribution < -0.4 is 5.73 Å². The van der Waals surface area contributed by atoms with E-state index in [0.29, 0.717) is 0 Å². The molecule has 1 rings (SSSR count). The number of hydrogen-bond acceptors (Lipinski definition) is 3. The van der Waals surface area contributed by atoms with Crippen molar-refractivity contribution in [3.05, 3.63) is 35.1 Å². The molecule has 3 nitrogen and oxygen atoms in total. The van der Waals surface area contributed by atoms with Gasteiger partial charge in [-0.05, 0) is 19.1 Å². The van der Waals surface area contributed by atoms with E-state index in [1.54, 1.807) is 0 Å². The van der Waals surface area contributed by atoms with Crippen LogP contribution in [0.1, 0.15) is 24.1 Å². The van der Waals surface area contributed by atoms with Crippen molar-refractivity contribution in [2.45, 2.75) is 19.1 Å². The van der Waals surface area contributed by atoms with Crippen LogP contribution in [0.15, 0.2) is 18.2 Å². The first-order valence-corrected chi connectivity index (χ1v) is 4.19. The number of nitriles is 1. The van der Waals surface area contributed by atoms with Gasteiger partial charge in [0.25, 0.3) is 0 Å². The molecule has 0 fully saturated rings. The molecule has 14 heavy (non-hydrogen) atoms. The van der Waals surface area contributed by atoms with Gasteiger partial charge in [-0.25, -0.2) is 4.39 Å². The highest BCUT2D eigenvalue weighted by Gasteiger charge is 2.16. The highest BCUT2D eigenvalue weighted by atomic mass is 19.1. The smallest absolute Gasteiger partial charge is 0.129 e. The van der Waals surface area contributed by atoms with E-state index in [-0.39, 0.29) is 11.1 Å². The Bertz CT molecular complexity index is 371. The molecule has 4 heteroatoms. The van der Waals surface area contributed by atoms with Crippen molar-refractivity contribution in [2.24, 2.45) is 5.73 Å². The van der Waals surface area contributed by atoms with Crippen LogP contribution >= 0.6 is 0 Å². The maximum absolute atomic E-state index is 13.3. The van der Waals surface area contributed by atoms with Crippen LogP contribution in [0.3, 0.4) is 0 Å². The average Bonchev–Trinajstić information content (AvgIpc) is 2.16. The third kappa shape index (κ3) is 2.08. The highest BCUT2D eigenvalue weighted by molar-refractivity contribution is 5.34. The van der Waals surface area contributed by atoms with Crippen LogP contribution in [0, 0.1) is 17.1 Å². The van der Waals surface area contributed by atoms with Gasteiger partial charge in [-0.15, -0.1) is 0 Å². The van der Waals surface area contributed by atoms with Gasteiger partial charge >= 0.3 is 0 Å². The Balaban J connectivity index is 3.07. The molecule has 0 bridgehead atoms. The lowest BCUT2D eigenvalue weighted by molar-refractivity contribution is 0.162. The van der Waals surface area contributed by atoms with Crippen molar-refractivity contribution >= 4 is 0 Å². The second-order valence-electron chi connectivity index (χ2n) is 3.11. The predicted octanol–water partition coefficient (Wildman–Crippen LogP) is 1.08. The number of aliphatic hydroxyl groups is 1. The van der Waals surface area contributed by atoms with Gasteiger partial charge in [-0.3, -0.25) is 0 Å². The summed E-state index contributed by atoms with van der Waals surface area (Å²) in [6, 6.07) is 5.06. The summed E-state index contributed by atoms with van der Waals surface area (Å²) in [4.78, 5) is 0. The van der Waals surface area contributed by atoms with E-state index in [1.165, 1.54) is 19.1 Å². The summed E-state index contributed by atoms with van der Waals surface area (Å²) in [5.74, 6) is -0.558. The van der Waals surface area contributed by atoms with E-state index in [2.05, 4.69) is 0 Å². The summed E-state index contributed by atoms with van der Waals surface area (Å²) in [5.41, 5.74) is 6.02. The molecular weight excluding hydrogens is 183 g/mol. The number of rotatable bonds is 2. The summed E-state index contributed by atoms with van der Waals surface area (Å²) in [6.07, 6.45) is -0.822. The van der Waals surface area contributed by atoms with Crippen molar-refractivity contribution in [3.8, 4) is 6.07 Å². The summed E-state index contributed by atoms with van der Waals surface area (Å²) < 4.78 is 13.3. The molecule has 3 N–H and O–H groups in total. The van der Waals surface area contributed by atoms with Crippen LogP contribution in [-0.4, -0.2) is 11.2 Å². The van der Waals surface area contributed by atoms with Crippen molar-refractivity contribution in [3.63, 3.8) is 0 Å². The monoisotopic (exact) mass is 194 g/mol. The zero-order chi connectivity index (χ0) is 10.7. The van der Waals surface area contributed by atoms with Crippen LogP contribution in [0.25, 0.3) is 0 Å². The van der Waals surface area contributed by atoms with Crippen LogP contribution in [0.5, 0.6) is 0 Å². The summed E-state index contributed by atoms with van der Waals surface area (Å²) in [7, 11) is 0. The number of halogens is 1. The molecule has 0 aromatic heterocycles. The van der Waals surface area contributed by atoms with Crippen molar-refractivity contribution in [2.75, 3.05) is 0 Å². The van der Waals surface area contributed by atoms with Gasteiger partial charge < -0.3 is 10.8 Å². The average molecular weight is 194 g/mol. The molecule has 0 aliphatic heterocycles. The maximum Gasteiger partial charge on any atom is 0.129 e. The third-order valence-electron chi connectivity index (χ3n) is 2.01. The Morgan fingerprint density at radius 1 is 1.57 bits per heavy atom. The molecule has 0 radical (unpaired) electrons. The molecule has 1 aromatic rings. The molecule has 0 spiro atoms. The maximum atomic E-state index is 13.3. The SMILES string of the molecule is C[C@H](O)[C@H](N)c1ccc(C#N)cc1F. The Kier molecular flexibility index (Phi) is 3.18. The Morgan fingerprint density at radius 2 is 2.21 bits per heavy atom. The van der Waals surface area contributed by atoms with Crippen molar-refractivity contribution in [1.82, 2.24) is 0 Å². The fourth-order valence-corrected chi connectivity index (χ4v) is 1.13. The molecule has 0 aliphatic carbocycles. The molecule has 0 heterocycles. The van der Waals surface area contributed by atoms with Crippen molar-refractivity contribution in [1.29, 1.82) is 5.26 Å². The van der Waals surface area contributed by atoms with E-state index >= 15 is 0 Å². The standard InChI is InChI=1S/C10H11FN2O/c1-6(14)10(13)8-3-2-7(5-12)4-9(8)11/h2-4,6,10,14H,13H2,1H3/t6-,10-/m0/s1. The van der Waals surface area contributed by atoms with E-state index < -0.39 is 18.0 Å². The minimum atomic E-state index is -0.822. The largest absolute Gasteiger partial charge is 0.391 e. The van der Waals surface area contributed by atoms with Gasteiger partial charge in [0.15, 0.2) is 0 Å². The second-order valence-corrected chi connectivity index (χ2v) is 3.11.